The number of carbonyl (C=O) groups excluding carboxylic acids is 1. The smallest absolute Gasteiger partial charge is 0.338 e. The van der Waals surface area contributed by atoms with E-state index in [1.165, 1.54) is 18.3 Å². The van der Waals surface area contributed by atoms with Crippen LogP contribution in [0.5, 0.6) is 0 Å². The molecular formula is C13H10BrN3O3. The Morgan fingerprint density at radius 2 is 2.10 bits per heavy atom. The van der Waals surface area contributed by atoms with Gasteiger partial charge in [0.15, 0.2) is 0 Å². The predicted molar refractivity (Wildman–Crippen MR) is 75.8 cm³/mol. The lowest BCUT2D eigenvalue weighted by Crippen LogP contribution is -2.19. The molecule has 1 amide bonds. The lowest BCUT2D eigenvalue weighted by molar-refractivity contribution is 0.0691. The number of carboxylic acids is 1. The Morgan fingerprint density at radius 3 is 2.75 bits per heavy atom. The molecule has 2 aromatic rings. The zero-order chi connectivity index (χ0) is 14.7. The van der Waals surface area contributed by atoms with Crippen LogP contribution in [0.1, 0.15) is 26.4 Å². The molecule has 0 bridgehead atoms. The summed E-state index contributed by atoms with van der Waals surface area (Å²) >= 11 is 3.27. The van der Waals surface area contributed by atoms with Gasteiger partial charge in [-0.1, -0.05) is 0 Å². The fraction of sp³-hybridized carbons (Fsp3) is 0.0769. The monoisotopic (exact) mass is 335 g/mol. The highest BCUT2D eigenvalue weighted by atomic mass is 79.9. The van der Waals surface area contributed by atoms with Gasteiger partial charge in [0.25, 0.3) is 5.91 Å². The molecule has 0 unspecified atom stereocenters. The minimum Gasteiger partial charge on any atom is -0.478 e. The number of hydrogen-bond donors (Lipinski definition) is 2. The fourth-order valence-corrected chi connectivity index (χ4v) is 2.04. The van der Waals surface area contributed by atoms with Crippen LogP contribution in [0, 0.1) is 6.92 Å². The molecule has 0 aliphatic carbocycles. The van der Waals surface area contributed by atoms with E-state index < -0.39 is 11.9 Å². The number of amides is 1. The van der Waals surface area contributed by atoms with Crippen LogP contribution < -0.4 is 5.32 Å². The number of hydrogen-bond acceptors (Lipinski definition) is 4. The van der Waals surface area contributed by atoms with E-state index in [9.17, 15) is 9.59 Å². The first kappa shape index (κ1) is 14.1. The van der Waals surface area contributed by atoms with Crippen LogP contribution in [0.2, 0.25) is 0 Å². The fourth-order valence-electron chi connectivity index (χ4n) is 1.60. The highest BCUT2D eigenvalue weighted by Gasteiger charge is 2.18. The molecule has 2 heterocycles. The summed E-state index contributed by atoms with van der Waals surface area (Å²) in [7, 11) is 0. The summed E-state index contributed by atoms with van der Waals surface area (Å²) < 4.78 is 0.789. The number of carbonyl (C=O) groups is 2. The van der Waals surface area contributed by atoms with Gasteiger partial charge < -0.3 is 10.4 Å². The number of nitrogens with zero attached hydrogens (tertiary/aromatic N) is 2. The molecule has 0 atom stereocenters. The quantitative estimate of drug-likeness (QED) is 0.898. The Morgan fingerprint density at radius 1 is 1.35 bits per heavy atom. The van der Waals surface area contributed by atoms with Crippen LogP contribution in [0.3, 0.4) is 0 Å². The van der Waals surface area contributed by atoms with Crippen molar-refractivity contribution in [2.45, 2.75) is 6.92 Å². The molecule has 0 aliphatic heterocycles. The van der Waals surface area contributed by atoms with Crippen molar-refractivity contribution in [1.82, 2.24) is 9.97 Å². The van der Waals surface area contributed by atoms with Crippen LogP contribution >= 0.6 is 15.9 Å². The summed E-state index contributed by atoms with van der Waals surface area (Å²) in [5.41, 5.74) is 0.449. The first-order valence-electron chi connectivity index (χ1n) is 5.61. The number of aromatic nitrogens is 2. The van der Waals surface area contributed by atoms with Gasteiger partial charge >= 0.3 is 5.97 Å². The number of halogens is 1. The van der Waals surface area contributed by atoms with E-state index in [4.69, 9.17) is 5.11 Å². The van der Waals surface area contributed by atoms with Crippen LogP contribution in [-0.2, 0) is 0 Å². The van der Waals surface area contributed by atoms with E-state index in [0.29, 0.717) is 5.82 Å². The second-order valence-electron chi connectivity index (χ2n) is 3.98. The standard InChI is InChI=1S/C13H10BrN3O3/c1-7-5-8(14)6-16-11(7)17-12(18)10-9(13(19)20)3-2-4-15-10/h2-6H,1H3,(H,19,20)(H,16,17,18). The molecular weight excluding hydrogens is 326 g/mol. The number of carboxylic acid groups (broad SMARTS) is 1. The van der Waals surface area contributed by atoms with Crippen LogP contribution in [0.25, 0.3) is 0 Å². The second-order valence-corrected chi connectivity index (χ2v) is 4.89. The molecule has 20 heavy (non-hydrogen) atoms. The van der Waals surface area contributed by atoms with Gasteiger partial charge in [-0.3, -0.25) is 9.78 Å². The molecule has 2 N–H and O–H groups in total. The topological polar surface area (TPSA) is 92.2 Å². The molecule has 0 saturated heterocycles. The molecule has 0 fully saturated rings. The highest BCUT2D eigenvalue weighted by Crippen LogP contribution is 2.17. The zero-order valence-electron chi connectivity index (χ0n) is 10.4. The average molecular weight is 336 g/mol. The third kappa shape index (κ3) is 3.00. The molecule has 6 nitrogen and oxygen atoms in total. The van der Waals surface area contributed by atoms with Crippen molar-refractivity contribution in [2.75, 3.05) is 5.32 Å². The van der Waals surface area contributed by atoms with E-state index in [1.807, 2.05) is 0 Å². The average Bonchev–Trinajstić information content (AvgIpc) is 2.41. The summed E-state index contributed by atoms with van der Waals surface area (Å²) in [4.78, 5) is 31.0. The molecule has 2 aromatic heterocycles. The maximum absolute atomic E-state index is 12.1. The first-order chi connectivity index (χ1) is 9.49. The summed E-state index contributed by atoms with van der Waals surface area (Å²) in [6.07, 6.45) is 2.91. The van der Waals surface area contributed by atoms with Crippen LogP contribution in [-0.4, -0.2) is 27.0 Å². The second kappa shape index (κ2) is 5.79. The predicted octanol–water partition coefficient (Wildman–Crippen LogP) is 2.50. The van der Waals surface area contributed by atoms with Crippen molar-refractivity contribution in [3.8, 4) is 0 Å². The summed E-state index contributed by atoms with van der Waals surface area (Å²) in [5.74, 6) is -1.45. The van der Waals surface area contributed by atoms with Crippen LogP contribution in [0.4, 0.5) is 5.82 Å². The molecule has 102 valence electrons. The van der Waals surface area contributed by atoms with E-state index >= 15 is 0 Å². The summed E-state index contributed by atoms with van der Waals surface area (Å²) in [6.45, 7) is 1.78. The highest BCUT2D eigenvalue weighted by molar-refractivity contribution is 9.10. The van der Waals surface area contributed by atoms with Crippen molar-refractivity contribution in [3.05, 3.63) is 51.9 Å². The Labute approximate surface area is 123 Å². The molecule has 0 saturated carbocycles. The summed E-state index contributed by atoms with van der Waals surface area (Å²) in [6, 6.07) is 4.58. The Hall–Kier alpha value is -2.28. The van der Waals surface area contributed by atoms with E-state index in [0.717, 1.165) is 10.0 Å². The number of nitrogens with one attached hydrogen (secondary N) is 1. The Kier molecular flexibility index (Phi) is 4.09. The maximum atomic E-state index is 12.1. The van der Waals surface area contributed by atoms with Gasteiger partial charge in [-0.25, -0.2) is 9.78 Å². The molecule has 0 aromatic carbocycles. The van der Waals surface area contributed by atoms with Gasteiger partial charge in [0.2, 0.25) is 0 Å². The maximum Gasteiger partial charge on any atom is 0.338 e. The SMILES string of the molecule is Cc1cc(Br)cnc1NC(=O)c1ncccc1C(=O)O. The number of aromatic carboxylic acids is 1. The minimum absolute atomic E-state index is 0.149. The van der Waals surface area contributed by atoms with Crippen molar-refractivity contribution >= 4 is 33.6 Å². The first-order valence-corrected chi connectivity index (χ1v) is 6.40. The number of rotatable bonds is 3. The third-order valence-corrected chi connectivity index (χ3v) is 2.96. The minimum atomic E-state index is -1.20. The van der Waals surface area contributed by atoms with Crippen molar-refractivity contribution in [2.24, 2.45) is 0 Å². The van der Waals surface area contributed by atoms with Crippen LogP contribution in [0.15, 0.2) is 35.1 Å². The molecule has 2 rings (SSSR count). The lowest BCUT2D eigenvalue weighted by atomic mass is 10.2. The van der Waals surface area contributed by atoms with E-state index in [1.54, 1.807) is 19.2 Å². The van der Waals surface area contributed by atoms with Gasteiger partial charge in [0.1, 0.15) is 11.5 Å². The normalized spacial score (nSPS) is 10.1. The van der Waals surface area contributed by atoms with Gasteiger partial charge in [-0.05, 0) is 46.6 Å². The van der Waals surface area contributed by atoms with Crippen molar-refractivity contribution < 1.29 is 14.7 Å². The van der Waals surface area contributed by atoms with Crippen molar-refractivity contribution in [3.63, 3.8) is 0 Å². The zero-order valence-corrected chi connectivity index (χ0v) is 12.0. The van der Waals surface area contributed by atoms with Gasteiger partial charge in [0.05, 0.1) is 5.56 Å². The van der Waals surface area contributed by atoms with Gasteiger partial charge in [-0.2, -0.15) is 0 Å². The largest absolute Gasteiger partial charge is 0.478 e. The van der Waals surface area contributed by atoms with Crippen molar-refractivity contribution in [1.29, 1.82) is 0 Å². The molecule has 0 aliphatic rings. The number of pyridine rings is 2. The molecule has 0 spiro atoms. The molecule has 0 radical (unpaired) electrons. The lowest BCUT2D eigenvalue weighted by Gasteiger charge is -2.08. The Balaban J connectivity index is 2.31. The van der Waals surface area contributed by atoms with E-state index in [2.05, 4.69) is 31.2 Å². The third-order valence-electron chi connectivity index (χ3n) is 2.53. The summed E-state index contributed by atoms with van der Waals surface area (Å²) in [5, 5.41) is 11.6. The molecule has 7 heteroatoms. The Bertz CT molecular complexity index is 688. The van der Waals surface area contributed by atoms with E-state index in [-0.39, 0.29) is 11.3 Å². The van der Waals surface area contributed by atoms with Gasteiger partial charge in [-0.15, -0.1) is 0 Å². The number of aryl methyl sites for hydroxylation is 1. The van der Waals surface area contributed by atoms with Gasteiger partial charge in [0, 0.05) is 16.9 Å². The number of anilines is 1.